The van der Waals surface area contributed by atoms with Gasteiger partial charge in [-0.05, 0) is 18.6 Å². The number of hydrogen-bond acceptors (Lipinski definition) is 5. The third kappa shape index (κ3) is 3.12. The molecule has 2 aromatic rings. The van der Waals surface area contributed by atoms with E-state index in [1.807, 2.05) is 39.0 Å². The second-order valence-corrected chi connectivity index (χ2v) is 7.02. The van der Waals surface area contributed by atoms with E-state index < -0.39 is 0 Å². The van der Waals surface area contributed by atoms with Crippen LogP contribution in [0.25, 0.3) is 11.5 Å². The van der Waals surface area contributed by atoms with Crippen LogP contribution in [-0.2, 0) is 5.41 Å². The first-order valence-electron chi connectivity index (χ1n) is 7.84. The Morgan fingerprint density at radius 2 is 2.09 bits per heavy atom. The van der Waals surface area contributed by atoms with Crippen molar-refractivity contribution in [2.75, 3.05) is 13.1 Å². The number of aromatic nitrogens is 2. The lowest BCUT2D eigenvalue weighted by atomic mass is 9.96. The first-order valence-corrected chi connectivity index (χ1v) is 7.84. The smallest absolute Gasteiger partial charge is 0.258 e. The Bertz CT molecular complexity index is 717. The number of hydrogen-bond donors (Lipinski definition) is 1. The minimum absolute atomic E-state index is 0.0379. The van der Waals surface area contributed by atoms with Gasteiger partial charge in [-0.3, -0.25) is 4.79 Å². The fourth-order valence-electron chi connectivity index (χ4n) is 2.64. The van der Waals surface area contributed by atoms with Crippen molar-refractivity contribution in [3.8, 4) is 11.5 Å². The largest absolute Gasteiger partial charge is 0.337 e. The summed E-state index contributed by atoms with van der Waals surface area (Å²) in [5.41, 5.74) is 6.94. The van der Waals surface area contributed by atoms with Gasteiger partial charge < -0.3 is 15.2 Å². The van der Waals surface area contributed by atoms with Gasteiger partial charge in [0.05, 0.1) is 11.1 Å². The van der Waals surface area contributed by atoms with Gasteiger partial charge in [0.1, 0.15) is 0 Å². The third-order valence-corrected chi connectivity index (χ3v) is 4.00. The number of rotatable bonds is 2. The molecule has 1 unspecified atom stereocenters. The van der Waals surface area contributed by atoms with Crippen LogP contribution in [0.2, 0.25) is 0 Å². The molecule has 2 heterocycles. The van der Waals surface area contributed by atoms with E-state index in [0.29, 0.717) is 35.9 Å². The van der Waals surface area contributed by atoms with Crippen molar-refractivity contribution >= 4 is 5.91 Å². The van der Waals surface area contributed by atoms with E-state index >= 15 is 0 Å². The van der Waals surface area contributed by atoms with Crippen LogP contribution >= 0.6 is 0 Å². The molecule has 0 bridgehead atoms. The summed E-state index contributed by atoms with van der Waals surface area (Å²) in [5.74, 6) is 0.962. The van der Waals surface area contributed by atoms with Crippen molar-refractivity contribution in [1.82, 2.24) is 15.0 Å². The lowest BCUT2D eigenvalue weighted by Gasteiger charge is -2.17. The molecule has 1 fully saturated rings. The van der Waals surface area contributed by atoms with E-state index in [-0.39, 0.29) is 17.4 Å². The van der Waals surface area contributed by atoms with Gasteiger partial charge in [0.15, 0.2) is 5.82 Å². The van der Waals surface area contributed by atoms with Crippen LogP contribution in [0.4, 0.5) is 0 Å². The Hall–Kier alpha value is -2.21. The van der Waals surface area contributed by atoms with Crippen LogP contribution in [0.15, 0.2) is 28.8 Å². The van der Waals surface area contributed by atoms with Crippen LogP contribution in [0.3, 0.4) is 0 Å². The Morgan fingerprint density at radius 3 is 2.70 bits per heavy atom. The van der Waals surface area contributed by atoms with Crippen molar-refractivity contribution in [2.45, 2.75) is 38.6 Å². The number of carbonyl (C=O) groups excluding carboxylic acids is 1. The van der Waals surface area contributed by atoms with Crippen molar-refractivity contribution in [3.63, 3.8) is 0 Å². The highest BCUT2D eigenvalue weighted by Gasteiger charge is 2.28. The molecule has 122 valence electrons. The normalized spacial score (nSPS) is 18.4. The van der Waals surface area contributed by atoms with E-state index in [4.69, 9.17) is 10.3 Å². The molecule has 0 aliphatic carbocycles. The number of likely N-dealkylation sites (tertiary alicyclic amines) is 1. The zero-order valence-electron chi connectivity index (χ0n) is 13.7. The summed E-state index contributed by atoms with van der Waals surface area (Å²) < 4.78 is 5.40. The minimum atomic E-state index is -0.206. The van der Waals surface area contributed by atoms with Gasteiger partial charge in [-0.2, -0.15) is 4.98 Å². The molecular weight excluding hydrogens is 292 g/mol. The molecule has 1 aromatic heterocycles. The van der Waals surface area contributed by atoms with Crippen molar-refractivity contribution in [1.29, 1.82) is 0 Å². The first-order chi connectivity index (χ1) is 10.9. The second-order valence-electron chi connectivity index (χ2n) is 7.02. The fourth-order valence-corrected chi connectivity index (χ4v) is 2.64. The SMILES string of the molecule is CC(C)(C)c1noc(-c2ccccc2C(=O)N2CCC(N)C2)n1. The number of benzene rings is 1. The van der Waals surface area contributed by atoms with Crippen molar-refractivity contribution < 1.29 is 9.32 Å². The van der Waals surface area contributed by atoms with E-state index in [2.05, 4.69) is 10.1 Å². The van der Waals surface area contributed by atoms with Gasteiger partial charge in [-0.15, -0.1) is 0 Å². The Kier molecular flexibility index (Phi) is 3.93. The van der Waals surface area contributed by atoms with Gasteiger partial charge in [0.2, 0.25) is 0 Å². The van der Waals surface area contributed by atoms with Gasteiger partial charge >= 0.3 is 0 Å². The number of carbonyl (C=O) groups is 1. The van der Waals surface area contributed by atoms with E-state index in [9.17, 15) is 4.79 Å². The molecule has 3 rings (SSSR count). The zero-order valence-corrected chi connectivity index (χ0v) is 13.7. The zero-order chi connectivity index (χ0) is 16.6. The number of amides is 1. The van der Waals surface area contributed by atoms with E-state index in [0.717, 1.165) is 6.42 Å². The average Bonchev–Trinajstić information content (AvgIpc) is 3.15. The summed E-state index contributed by atoms with van der Waals surface area (Å²) in [7, 11) is 0. The summed E-state index contributed by atoms with van der Waals surface area (Å²) in [6, 6.07) is 7.39. The second kappa shape index (κ2) is 5.77. The van der Waals surface area contributed by atoms with Gasteiger partial charge in [0.25, 0.3) is 11.8 Å². The molecule has 1 aromatic carbocycles. The number of nitrogens with zero attached hydrogens (tertiary/aromatic N) is 3. The molecule has 0 radical (unpaired) electrons. The predicted molar refractivity (Wildman–Crippen MR) is 86.9 cm³/mol. The lowest BCUT2D eigenvalue weighted by Crippen LogP contribution is -2.32. The summed E-state index contributed by atoms with van der Waals surface area (Å²) in [5, 5.41) is 4.04. The third-order valence-electron chi connectivity index (χ3n) is 4.00. The van der Waals surface area contributed by atoms with Gasteiger partial charge in [-0.1, -0.05) is 38.1 Å². The molecule has 1 amide bonds. The molecule has 0 saturated carbocycles. The highest BCUT2D eigenvalue weighted by atomic mass is 16.5. The van der Waals surface area contributed by atoms with Gasteiger partial charge in [-0.25, -0.2) is 0 Å². The van der Waals surface area contributed by atoms with Crippen LogP contribution in [0.1, 0.15) is 43.4 Å². The minimum Gasteiger partial charge on any atom is -0.337 e. The van der Waals surface area contributed by atoms with Crippen LogP contribution in [0.5, 0.6) is 0 Å². The molecular formula is C17H22N4O2. The molecule has 23 heavy (non-hydrogen) atoms. The molecule has 1 saturated heterocycles. The Morgan fingerprint density at radius 1 is 1.35 bits per heavy atom. The highest BCUT2D eigenvalue weighted by Crippen LogP contribution is 2.27. The maximum atomic E-state index is 12.8. The molecule has 0 spiro atoms. The van der Waals surface area contributed by atoms with E-state index in [1.54, 1.807) is 11.0 Å². The summed E-state index contributed by atoms with van der Waals surface area (Å²) in [4.78, 5) is 19.0. The van der Waals surface area contributed by atoms with Crippen LogP contribution in [0, 0.1) is 0 Å². The van der Waals surface area contributed by atoms with Crippen molar-refractivity contribution in [3.05, 3.63) is 35.7 Å². The first kappa shape index (κ1) is 15.7. The Labute approximate surface area is 135 Å². The van der Waals surface area contributed by atoms with Crippen molar-refractivity contribution in [2.24, 2.45) is 5.73 Å². The number of nitrogens with two attached hydrogens (primary N) is 1. The fraction of sp³-hybridized carbons (Fsp3) is 0.471. The van der Waals surface area contributed by atoms with Crippen LogP contribution < -0.4 is 5.73 Å². The van der Waals surface area contributed by atoms with Crippen LogP contribution in [-0.4, -0.2) is 40.1 Å². The average molecular weight is 314 g/mol. The summed E-state index contributed by atoms with van der Waals surface area (Å²) in [6.45, 7) is 7.33. The predicted octanol–water partition coefficient (Wildman–Crippen LogP) is 2.21. The molecule has 6 nitrogen and oxygen atoms in total. The summed E-state index contributed by atoms with van der Waals surface area (Å²) in [6.07, 6.45) is 0.836. The lowest BCUT2D eigenvalue weighted by molar-refractivity contribution is 0.0791. The monoisotopic (exact) mass is 314 g/mol. The van der Waals surface area contributed by atoms with E-state index in [1.165, 1.54) is 0 Å². The van der Waals surface area contributed by atoms with Gasteiger partial charge in [0, 0.05) is 24.5 Å². The summed E-state index contributed by atoms with van der Waals surface area (Å²) >= 11 is 0. The topological polar surface area (TPSA) is 85.2 Å². The molecule has 1 aliphatic rings. The maximum Gasteiger partial charge on any atom is 0.258 e. The molecule has 2 N–H and O–H groups in total. The quantitative estimate of drug-likeness (QED) is 0.918. The molecule has 1 atom stereocenters. The molecule has 6 heteroatoms. The standard InChI is InChI=1S/C17H22N4O2/c1-17(2,3)16-19-14(23-20-16)12-6-4-5-7-13(12)15(22)21-9-8-11(18)10-21/h4-7,11H,8-10,18H2,1-3H3. The highest BCUT2D eigenvalue weighted by molar-refractivity contribution is 6.00. The molecule has 1 aliphatic heterocycles. The maximum absolute atomic E-state index is 12.8. The Balaban J connectivity index is 1.95.